The predicted octanol–water partition coefficient (Wildman–Crippen LogP) is 12.6. The number of methoxy groups -OCH3 is 3. The van der Waals surface area contributed by atoms with Crippen LogP contribution in [0.2, 0.25) is 0 Å². The summed E-state index contributed by atoms with van der Waals surface area (Å²) in [6.07, 6.45) is 8.00. The summed E-state index contributed by atoms with van der Waals surface area (Å²) in [5.74, 6) is 0. The van der Waals surface area contributed by atoms with E-state index in [1.807, 2.05) is 21.3 Å². The van der Waals surface area contributed by atoms with Crippen molar-refractivity contribution in [3.63, 3.8) is 0 Å². The summed E-state index contributed by atoms with van der Waals surface area (Å²) in [6.45, 7) is 0. The topological polar surface area (TPSA) is 27.7 Å². The minimum Gasteiger partial charge on any atom is -0.364 e. The second-order valence-corrected chi connectivity index (χ2v) is 16.7. The summed E-state index contributed by atoms with van der Waals surface area (Å²) in [4.78, 5) is 0. The van der Waals surface area contributed by atoms with Gasteiger partial charge in [-0.3, -0.25) is 0 Å². The summed E-state index contributed by atoms with van der Waals surface area (Å²) in [5.41, 5.74) is 10.6. The molecule has 0 amide bonds. The third-order valence-corrected chi connectivity index (χ3v) is 14.5. The maximum Gasteiger partial charge on any atom is 0.144 e. The van der Waals surface area contributed by atoms with E-state index in [4.69, 9.17) is 14.2 Å². The molecule has 3 nitrogen and oxygen atoms in total. The van der Waals surface area contributed by atoms with Crippen molar-refractivity contribution in [1.29, 1.82) is 0 Å². The molecular weight excluding hydrogens is 709 g/mol. The Kier molecular flexibility index (Phi) is 6.42. The lowest BCUT2D eigenvalue weighted by molar-refractivity contribution is 0.0609. The first-order valence-electron chi connectivity index (χ1n) is 20.6. The molecule has 4 aliphatic rings. The number of ether oxygens (including phenoxy) is 3. The van der Waals surface area contributed by atoms with Crippen LogP contribution in [0.1, 0.15) is 74.0 Å². The first-order valence-corrected chi connectivity index (χ1v) is 20.6. The SMILES string of the molecule is COC1(c2ccc3c(c2)C=CCCC3)c2ccc3c4c2c2c1ccc1c2c2c(ccc(c42)C3(OC)c2ccc3ccccc3c2)C1(OC)c1ccc2ccccc2c1. The molecule has 0 N–H and O–H groups in total. The van der Waals surface area contributed by atoms with Crippen LogP contribution in [0.5, 0.6) is 0 Å². The molecule has 0 radical (unpaired) electrons. The van der Waals surface area contributed by atoms with Crippen LogP contribution in [0.25, 0.3) is 59.9 Å². The van der Waals surface area contributed by atoms with Gasteiger partial charge in [-0.15, -0.1) is 0 Å². The molecular formula is C55H40O3. The molecule has 0 saturated carbocycles. The highest BCUT2D eigenvalue weighted by molar-refractivity contribution is 6.35. The van der Waals surface area contributed by atoms with Crippen LogP contribution < -0.4 is 0 Å². The maximum atomic E-state index is 7.05. The van der Waals surface area contributed by atoms with Gasteiger partial charge in [0.15, 0.2) is 0 Å². The van der Waals surface area contributed by atoms with Gasteiger partial charge in [-0.05, 0) is 119 Å². The summed E-state index contributed by atoms with van der Waals surface area (Å²) >= 11 is 0. The Morgan fingerprint density at radius 2 is 0.776 bits per heavy atom. The second-order valence-electron chi connectivity index (χ2n) is 16.7. The Balaban J connectivity index is 1.20. The molecule has 0 heterocycles. The van der Waals surface area contributed by atoms with Crippen molar-refractivity contribution in [3.05, 3.63) is 207 Å². The van der Waals surface area contributed by atoms with Gasteiger partial charge >= 0.3 is 0 Å². The Morgan fingerprint density at radius 3 is 1.19 bits per heavy atom. The van der Waals surface area contributed by atoms with Crippen molar-refractivity contribution >= 4 is 59.9 Å². The van der Waals surface area contributed by atoms with E-state index in [-0.39, 0.29) is 0 Å². The molecule has 0 aromatic heterocycles. The van der Waals surface area contributed by atoms with E-state index in [0.717, 1.165) is 29.5 Å². The van der Waals surface area contributed by atoms with Gasteiger partial charge in [0.1, 0.15) is 16.8 Å². The maximum absolute atomic E-state index is 7.05. The van der Waals surface area contributed by atoms with E-state index in [0.29, 0.717) is 0 Å². The van der Waals surface area contributed by atoms with Gasteiger partial charge in [0, 0.05) is 54.7 Å². The molecule has 0 fully saturated rings. The number of fused-ring (bicyclic) bond motifs is 3. The van der Waals surface area contributed by atoms with Crippen LogP contribution in [0.4, 0.5) is 0 Å². The molecule has 2 unspecified atom stereocenters. The van der Waals surface area contributed by atoms with Crippen LogP contribution >= 0.6 is 0 Å². The molecule has 0 saturated heterocycles. The molecule has 58 heavy (non-hydrogen) atoms. The van der Waals surface area contributed by atoms with E-state index in [9.17, 15) is 0 Å². The molecule has 0 bridgehead atoms. The standard InChI is InChI=1S/C55H40O3/c1-56-53(38-20-17-32-11-5-4-6-14-35(32)29-38)41-23-25-43-49-47(41)48-42(53)24-26-44-50(48)52-46(55(44,58-3)40-22-19-34-13-8-10-16-37(34)31-40)28-27-45(51(49)52)54(43,57-2)39-21-18-33-12-7-9-15-36(33)30-39/h6-10,12-31H,4-5,11H2,1-3H3. The largest absolute Gasteiger partial charge is 0.364 e. The van der Waals surface area contributed by atoms with Crippen LogP contribution in [0, 0.1) is 0 Å². The molecule has 9 aromatic carbocycles. The molecule has 278 valence electrons. The first kappa shape index (κ1) is 32.9. The predicted molar refractivity (Wildman–Crippen MR) is 236 cm³/mol. The van der Waals surface area contributed by atoms with Crippen molar-refractivity contribution in [1.82, 2.24) is 0 Å². The van der Waals surface area contributed by atoms with Gasteiger partial charge in [0.05, 0.1) is 0 Å². The van der Waals surface area contributed by atoms with Crippen LogP contribution in [-0.2, 0) is 37.4 Å². The van der Waals surface area contributed by atoms with Crippen molar-refractivity contribution in [2.45, 2.75) is 36.1 Å². The van der Waals surface area contributed by atoms with Gasteiger partial charge in [-0.2, -0.15) is 0 Å². The Morgan fingerprint density at radius 1 is 0.397 bits per heavy atom. The highest BCUT2D eigenvalue weighted by atomic mass is 16.5. The highest BCUT2D eigenvalue weighted by Gasteiger charge is 2.55. The van der Waals surface area contributed by atoms with Gasteiger partial charge in [-0.1, -0.05) is 133 Å². The molecule has 9 aromatic rings. The zero-order valence-electron chi connectivity index (χ0n) is 32.8. The number of rotatable bonds is 6. The third kappa shape index (κ3) is 3.65. The quantitative estimate of drug-likeness (QED) is 0.159. The number of hydrogen-bond acceptors (Lipinski definition) is 3. The smallest absolute Gasteiger partial charge is 0.144 e. The molecule has 4 aliphatic carbocycles. The second kappa shape index (κ2) is 11.3. The van der Waals surface area contributed by atoms with Crippen molar-refractivity contribution in [2.24, 2.45) is 0 Å². The van der Waals surface area contributed by atoms with Gasteiger partial charge in [-0.25, -0.2) is 0 Å². The highest BCUT2D eigenvalue weighted by Crippen LogP contribution is 2.66. The Labute approximate surface area is 337 Å². The van der Waals surface area contributed by atoms with E-state index < -0.39 is 16.8 Å². The van der Waals surface area contributed by atoms with E-state index in [1.54, 1.807) is 0 Å². The van der Waals surface area contributed by atoms with E-state index in [1.165, 1.54) is 105 Å². The number of allylic oxidation sites excluding steroid dienone is 1. The molecule has 0 spiro atoms. The van der Waals surface area contributed by atoms with Crippen molar-refractivity contribution in [2.75, 3.05) is 21.3 Å². The zero-order chi connectivity index (χ0) is 38.5. The summed E-state index contributed by atoms with van der Waals surface area (Å²) in [6, 6.07) is 52.0. The molecule has 13 rings (SSSR count). The number of hydrogen-bond donors (Lipinski definition) is 0. The Bertz CT molecular complexity index is 3170. The average molecular weight is 749 g/mol. The van der Waals surface area contributed by atoms with Gasteiger partial charge < -0.3 is 14.2 Å². The van der Waals surface area contributed by atoms with Gasteiger partial charge in [0.2, 0.25) is 0 Å². The van der Waals surface area contributed by atoms with Crippen LogP contribution in [0.3, 0.4) is 0 Å². The van der Waals surface area contributed by atoms with Gasteiger partial charge in [0.25, 0.3) is 0 Å². The summed E-state index contributed by atoms with van der Waals surface area (Å²) in [5, 5.41) is 12.3. The minimum atomic E-state index is -0.838. The number of benzene rings is 9. The lowest BCUT2D eigenvalue weighted by atomic mass is 9.79. The third-order valence-electron chi connectivity index (χ3n) is 14.5. The van der Waals surface area contributed by atoms with Crippen LogP contribution in [-0.4, -0.2) is 21.3 Å². The van der Waals surface area contributed by atoms with Crippen molar-refractivity contribution in [3.8, 4) is 0 Å². The first-order chi connectivity index (χ1) is 28.6. The lowest BCUT2D eigenvalue weighted by Gasteiger charge is -2.34. The fourth-order valence-corrected chi connectivity index (χ4v) is 12.1. The van der Waals surface area contributed by atoms with Crippen molar-refractivity contribution < 1.29 is 14.2 Å². The van der Waals surface area contributed by atoms with E-state index >= 15 is 0 Å². The minimum absolute atomic E-state index is 0.825. The van der Waals surface area contributed by atoms with E-state index in [2.05, 4.69) is 152 Å². The fourth-order valence-electron chi connectivity index (χ4n) is 12.1. The molecule has 0 aliphatic heterocycles. The Hall–Kier alpha value is -6.10. The molecule has 2 atom stereocenters. The normalized spacial score (nSPS) is 22.2. The molecule has 3 heteroatoms. The lowest BCUT2D eigenvalue weighted by Crippen LogP contribution is -2.31. The van der Waals surface area contributed by atoms with Crippen LogP contribution in [0.15, 0.2) is 146 Å². The number of aryl methyl sites for hydroxylation is 1. The fraction of sp³-hybridized carbons (Fsp3) is 0.164. The monoisotopic (exact) mass is 748 g/mol. The average Bonchev–Trinajstić information content (AvgIpc) is 3.77. The summed E-state index contributed by atoms with van der Waals surface area (Å²) < 4.78 is 21.1. The zero-order valence-corrected chi connectivity index (χ0v) is 32.8. The summed E-state index contributed by atoms with van der Waals surface area (Å²) in [7, 11) is 5.66.